The van der Waals surface area contributed by atoms with Crippen LogP contribution in [-0.2, 0) is 0 Å². The summed E-state index contributed by atoms with van der Waals surface area (Å²) in [7, 11) is 4.43. The highest BCUT2D eigenvalue weighted by molar-refractivity contribution is 6.31. The molecule has 0 amide bonds. The van der Waals surface area contributed by atoms with Crippen LogP contribution in [0.3, 0.4) is 0 Å². The molecule has 0 saturated heterocycles. The highest BCUT2D eigenvalue weighted by atomic mass is 35.5. The fourth-order valence-electron chi connectivity index (χ4n) is 2.87. The minimum Gasteiger partial charge on any atom is -0.493 e. The first kappa shape index (κ1) is 17.8. The van der Waals surface area contributed by atoms with Gasteiger partial charge in [-0.1, -0.05) is 11.6 Å². The molecule has 26 heavy (non-hydrogen) atoms. The van der Waals surface area contributed by atoms with Gasteiger partial charge in [0.1, 0.15) is 6.20 Å². The molecule has 7 nitrogen and oxygen atoms in total. The van der Waals surface area contributed by atoms with Crippen molar-refractivity contribution in [1.82, 2.24) is 4.98 Å². The largest absolute Gasteiger partial charge is 0.493 e. The molecule has 0 bridgehead atoms. The smallest absolute Gasteiger partial charge is 0.296 e. The Bertz CT molecular complexity index is 1010. The average molecular weight is 375 g/mol. The number of halogens is 1. The van der Waals surface area contributed by atoms with Crippen LogP contribution in [0.15, 0.2) is 36.5 Å². The fraction of sp³-hybridized carbons (Fsp3) is 0.167. The predicted molar refractivity (Wildman–Crippen MR) is 98.5 cm³/mol. The van der Waals surface area contributed by atoms with Gasteiger partial charge in [-0.15, -0.1) is 0 Å². The van der Waals surface area contributed by atoms with Crippen molar-refractivity contribution in [3.05, 3.63) is 51.7 Å². The van der Waals surface area contributed by atoms with Gasteiger partial charge in [-0.2, -0.15) is 0 Å². The Morgan fingerprint density at radius 3 is 2.38 bits per heavy atom. The topological polar surface area (TPSA) is 83.7 Å². The quantitative estimate of drug-likeness (QED) is 0.483. The Morgan fingerprint density at radius 2 is 1.77 bits per heavy atom. The van der Waals surface area contributed by atoms with E-state index in [-0.39, 0.29) is 5.69 Å². The number of nitro groups is 1. The van der Waals surface area contributed by atoms with Crippen LogP contribution in [0.25, 0.3) is 22.0 Å². The fourth-order valence-corrected chi connectivity index (χ4v) is 3.05. The van der Waals surface area contributed by atoms with E-state index in [1.54, 1.807) is 30.3 Å². The molecule has 0 aliphatic rings. The van der Waals surface area contributed by atoms with Crippen LogP contribution in [0.5, 0.6) is 17.2 Å². The Labute approximate surface area is 154 Å². The molecule has 3 aromatic rings. The lowest BCUT2D eigenvalue weighted by atomic mass is 9.98. The number of pyridine rings is 1. The van der Waals surface area contributed by atoms with Crippen LogP contribution in [0.2, 0.25) is 5.02 Å². The molecule has 1 heterocycles. The summed E-state index contributed by atoms with van der Waals surface area (Å²) in [6, 6.07) is 8.37. The molecule has 0 aliphatic carbocycles. The molecular formula is C18H15ClN2O5. The first-order valence-corrected chi connectivity index (χ1v) is 7.91. The lowest BCUT2D eigenvalue weighted by Crippen LogP contribution is -2.00. The minimum absolute atomic E-state index is 0.162. The maximum atomic E-state index is 11.6. The van der Waals surface area contributed by atoms with Crippen LogP contribution < -0.4 is 14.2 Å². The summed E-state index contributed by atoms with van der Waals surface area (Å²) in [4.78, 5) is 15.3. The second-order valence-corrected chi connectivity index (χ2v) is 5.76. The lowest BCUT2D eigenvalue weighted by Gasteiger charge is -2.17. The molecular weight excluding hydrogens is 360 g/mol. The third-order valence-electron chi connectivity index (χ3n) is 3.98. The Kier molecular flexibility index (Phi) is 4.81. The lowest BCUT2D eigenvalue weighted by molar-refractivity contribution is -0.384. The van der Waals surface area contributed by atoms with Crippen molar-refractivity contribution in [2.24, 2.45) is 0 Å². The van der Waals surface area contributed by atoms with Gasteiger partial charge < -0.3 is 14.2 Å². The number of hydrogen-bond donors (Lipinski definition) is 0. The van der Waals surface area contributed by atoms with Crippen molar-refractivity contribution in [3.8, 4) is 28.4 Å². The van der Waals surface area contributed by atoms with E-state index in [1.165, 1.54) is 27.5 Å². The summed E-state index contributed by atoms with van der Waals surface area (Å²) in [5, 5.41) is 12.6. The number of benzene rings is 2. The standard InChI is InChI=1S/C18H15ClN2O5/c1-24-15-7-5-11(17(25-2)18(15)26-3)16-12-8-10(19)4-6-13(12)20-9-14(16)21(22)23/h4-9H,1-3H3. The molecule has 0 radical (unpaired) electrons. The van der Waals surface area contributed by atoms with E-state index < -0.39 is 4.92 Å². The monoisotopic (exact) mass is 374 g/mol. The van der Waals surface area contributed by atoms with Crippen LogP contribution in [0.1, 0.15) is 0 Å². The molecule has 3 rings (SSSR count). The van der Waals surface area contributed by atoms with Gasteiger partial charge in [0.25, 0.3) is 5.69 Å². The Hall–Kier alpha value is -3.06. The number of rotatable bonds is 5. The zero-order chi connectivity index (χ0) is 18.8. The molecule has 1 aromatic heterocycles. The normalized spacial score (nSPS) is 10.6. The van der Waals surface area contributed by atoms with E-state index in [1.807, 2.05) is 0 Å². The maximum absolute atomic E-state index is 11.6. The average Bonchev–Trinajstić information content (AvgIpc) is 2.65. The number of aromatic nitrogens is 1. The first-order chi connectivity index (χ1) is 12.5. The van der Waals surface area contributed by atoms with Gasteiger partial charge in [0.2, 0.25) is 5.75 Å². The van der Waals surface area contributed by atoms with Crippen molar-refractivity contribution in [2.45, 2.75) is 0 Å². The number of hydrogen-bond acceptors (Lipinski definition) is 6. The third-order valence-corrected chi connectivity index (χ3v) is 4.22. The van der Waals surface area contributed by atoms with E-state index in [9.17, 15) is 10.1 Å². The minimum atomic E-state index is -0.487. The molecule has 0 atom stereocenters. The summed E-state index contributed by atoms with van der Waals surface area (Å²) < 4.78 is 16.2. The summed E-state index contributed by atoms with van der Waals surface area (Å²) in [5.74, 6) is 1.11. The van der Waals surface area contributed by atoms with E-state index in [2.05, 4.69) is 4.98 Å². The summed E-state index contributed by atoms with van der Waals surface area (Å²) in [6.07, 6.45) is 1.22. The van der Waals surface area contributed by atoms with Crippen molar-refractivity contribution in [1.29, 1.82) is 0 Å². The third kappa shape index (κ3) is 2.86. The van der Waals surface area contributed by atoms with Crippen LogP contribution >= 0.6 is 11.6 Å². The van der Waals surface area contributed by atoms with Gasteiger partial charge >= 0.3 is 0 Å². The van der Waals surface area contributed by atoms with Crippen LogP contribution in [0, 0.1) is 10.1 Å². The summed E-state index contributed by atoms with van der Waals surface area (Å²) in [6.45, 7) is 0. The van der Waals surface area contributed by atoms with Gasteiger partial charge in [0, 0.05) is 16.0 Å². The molecule has 0 spiro atoms. The molecule has 2 aromatic carbocycles. The SMILES string of the molecule is COc1ccc(-c2c([N+](=O)[O-])cnc3ccc(Cl)cc23)c(OC)c1OC. The van der Waals surface area contributed by atoms with Gasteiger partial charge in [-0.3, -0.25) is 10.1 Å². The number of methoxy groups -OCH3 is 3. The highest BCUT2D eigenvalue weighted by Gasteiger charge is 2.26. The Morgan fingerprint density at radius 1 is 1.04 bits per heavy atom. The molecule has 0 saturated carbocycles. The molecule has 8 heteroatoms. The number of nitrogens with zero attached hydrogens (tertiary/aromatic N) is 2. The Balaban J connectivity index is 2.46. The number of ether oxygens (including phenoxy) is 3. The van der Waals surface area contributed by atoms with Crippen molar-refractivity contribution in [2.75, 3.05) is 21.3 Å². The van der Waals surface area contributed by atoms with Crippen molar-refractivity contribution >= 4 is 28.2 Å². The van der Waals surface area contributed by atoms with E-state index in [4.69, 9.17) is 25.8 Å². The predicted octanol–water partition coefficient (Wildman–Crippen LogP) is 4.49. The van der Waals surface area contributed by atoms with Gasteiger partial charge in [-0.05, 0) is 30.3 Å². The van der Waals surface area contributed by atoms with E-state index in [0.717, 1.165) is 0 Å². The van der Waals surface area contributed by atoms with E-state index >= 15 is 0 Å². The van der Waals surface area contributed by atoms with Gasteiger partial charge in [0.05, 0.1) is 37.3 Å². The molecule has 0 unspecified atom stereocenters. The first-order valence-electron chi connectivity index (χ1n) is 7.53. The maximum Gasteiger partial charge on any atom is 0.296 e. The molecule has 0 N–H and O–H groups in total. The molecule has 0 aliphatic heterocycles. The molecule has 0 fully saturated rings. The zero-order valence-electron chi connectivity index (χ0n) is 14.3. The second-order valence-electron chi connectivity index (χ2n) is 5.32. The van der Waals surface area contributed by atoms with Crippen molar-refractivity contribution in [3.63, 3.8) is 0 Å². The summed E-state index contributed by atoms with van der Waals surface area (Å²) in [5.41, 5.74) is 1.24. The summed E-state index contributed by atoms with van der Waals surface area (Å²) >= 11 is 6.12. The number of fused-ring (bicyclic) bond motifs is 1. The zero-order valence-corrected chi connectivity index (χ0v) is 15.0. The van der Waals surface area contributed by atoms with Crippen molar-refractivity contribution < 1.29 is 19.1 Å². The van der Waals surface area contributed by atoms with Gasteiger partial charge in [0.15, 0.2) is 11.5 Å². The van der Waals surface area contributed by atoms with E-state index in [0.29, 0.717) is 44.3 Å². The highest BCUT2D eigenvalue weighted by Crippen LogP contribution is 2.48. The van der Waals surface area contributed by atoms with Gasteiger partial charge in [-0.25, -0.2) is 4.98 Å². The van der Waals surface area contributed by atoms with Crippen LogP contribution in [0.4, 0.5) is 5.69 Å². The van der Waals surface area contributed by atoms with Crippen LogP contribution in [-0.4, -0.2) is 31.2 Å². The second kappa shape index (κ2) is 7.05. The molecule has 134 valence electrons.